The van der Waals surface area contributed by atoms with E-state index in [2.05, 4.69) is 0 Å². The molecule has 0 radical (unpaired) electrons. The summed E-state index contributed by atoms with van der Waals surface area (Å²) in [6, 6.07) is 11.5. The van der Waals surface area contributed by atoms with Crippen molar-refractivity contribution in [1.82, 2.24) is 0 Å². The standard InChI is InChI=1S/C16H18O3/c1-3-15(18)14-9-8-12-6-4-5-7-13(12)16(14)19-10-11(2)17/h4-9,11,17H,3,10H2,1-2H3. The lowest BCUT2D eigenvalue weighted by Gasteiger charge is -2.14. The number of aliphatic hydroxyl groups is 1. The van der Waals surface area contributed by atoms with E-state index in [1.165, 1.54) is 0 Å². The Bertz CT molecular complexity index is 588. The van der Waals surface area contributed by atoms with Crippen molar-refractivity contribution in [3.05, 3.63) is 42.0 Å². The molecular weight excluding hydrogens is 240 g/mol. The number of hydrogen-bond acceptors (Lipinski definition) is 3. The molecule has 1 unspecified atom stereocenters. The highest BCUT2D eigenvalue weighted by atomic mass is 16.5. The lowest BCUT2D eigenvalue weighted by atomic mass is 10.0. The normalized spacial score (nSPS) is 12.4. The summed E-state index contributed by atoms with van der Waals surface area (Å²) >= 11 is 0. The number of Topliss-reactive ketones (excluding diaryl/α,β-unsaturated/α-hetero) is 1. The molecule has 19 heavy (non-hydrogen) atoms. The van der Waals surface area contributed by atoms with Gasteiger partial charge >= 0.3 is 0 Å². The summed E-state index contributed by atoms with van der Waals surface area (Å²) in [7, 11) is 0. The number of aliphatic hydroxyl groups excluding tert-OH is 1. The molecular formula is C16H18O3. The van der Waals surface area contributed by atoms with Gasteiger partial charge in [-0.05, 0) is 18.4 Å². The average Bonchev–Trinajstić information content (AvgIpc) is 2.43. The van der Waals surface area contributed by atoms with Crippen LogP contribution in [0.2, 0.25) is 0 Å². The van der Waals surface area contributed by atoms with Crippen molar-refractivity contribution in [2.45, 2.75) is 26.4 Å². The van der Waals surface area contributed by atoms with E-state index >= 15 is 0 Å². The van der Waals surface area contributed by atoms with Crippen LogP contribution in [0, 0.1) is 0 Å². The summed E-state index contributed by atoms with van der Waals surface area (Å²) in [6.07, 6.45) is -0.132. The number of benzene rings is 2. The van der Waals surface area contributed by atoms with E-state index in [9.17, 15) is 9.90 Å². The molecule has 0 aliphatic heterocycles. The van der Waals surface area contributed by atoms with Gasteiger partial charge in [0, 0.05) is 11.8 Å². The minimum atomic E-state index is -0.566. The largest absolute Gasteiger partial charge is 0.489 e. The molecule has 0 aliphatic rings. The number of fused-ring (bicyclic) bond motifs is 1. The van der Waals surface area contributed by atoms with Crippen molar-refractivity contribution < 1.29 is 14.6 Å². The Labute approximate surface area is 112 Å². The van der Waals surface area contributed by atoms with Gasteiger partial charge in [-0.3, -0.25) is 4.79 Å². The molecule has 1 atom stereocenters. The van der Waals surface area contributed by atoms with Crippen molar-refractivity contribution in [2.24, 2.45) is 0 Å². The van der Waals surface area contributed by atoms with E-state index in [0.29, 0.717) is 17.7 Å². The van der Waals surface area contributed by atoms with Crippen LogP contribution >= 0.6 is 0 Å². The summed E-state index contributed by atoms with van der Waals surface area (Å²) in [5.74, 6) is 0.622. The number of ether oxygens (including phenoxy) is 1. The van der Waals surface area contributed by atoms with E-state index in [0.717, 1.165) is 10.8 Å². The molecule has 0 heterocycles. The van der Waals surface area contributed by atoms with Gasteiger partial charge in [-0.25, -0.2) is 0 Å². The molecule has 0 fully saturated rings. The van der Waals surface area contributed by atoms with Crippen LogP contribution in [0.15, 0.2) is 36.4 Å². The molecule has 0 saturated heterocycles. The summed E-state index contributed by atoms with van der Waals surface area (Å²) in [4.78, 5) is 12.0. The van der Waals surface area contributed by atoms with Gasteiger partial charge in [0.05, 0.1) is 11.7 Å². The third kappa shape index (κ3) is 2.93. The Morgan fingerprint density at radius 2 is 2.00 bits per heavy atom. The monoisotopic (exact) mass is 258 g/mol. The van der Waals surface area contributed by atoms with Crippen LogP contribution in [0.25, 0.3) is 10.8 Å². The Morgan fingerprint density at radius 3 is 2.68 bits per heavy atom. The number of rotatable bonds is 5. The predicted octanol–water partition coefficient (Wildman–Crippen LogP) is 3.19. The first-order valence-electron chi connectivity index (χ1n) is 6.49. The quantitative estimate of drug-likeness (QED) is 0.838. The highest BCUT2D eigenvalue weighted by Crippen LogP contribution is 2.30. The van der Waals surface area contributed by atoms with Gasteiger partial charge in [0.1, 0.15) is 12.4 Å². The zero-order valence-corrected chi connectivity index (χ0v) is 11.2. The topological polar surface area (TPSA) is 46.5 Å². The van der Waals surface area contributed by atoms with Crippen LogP contribution in [0.4, 0.5) is 0 Å². The maximum absolute atomic E-state index is 12.0. The van der Waals surface area contributed by atoms with Crippen LogP contribution in [-0.4, -0.2) is 23.6 Å². The first kappa shape index (κ1) is 13.6. The Balaban J connectivity index is 2.54. The van der Waals surface area contributed by atoms with Gasteiger partial charge in [0.15, 0.2) is 5.78 Å². The molecule has 0 bridgehead atoms. The first-order valence-corrected chi connectivity index (χ1v) is 6.49. The van der Waals surface area contributed by atoms with Crippen LogP contribution in [0.5, 0.6) is 5.75 Å². The van der Waals surface area contributed by atoms with Gasteiger partial charge in [-0.1, -0.05) is 37.3 Å². The number of carbonyl (C=O) groups is 1. The van der Waals surface area contributed by atoms with Crippen LogP contribution < -0.4 is 4.74 Å². The number of ketones is 1. The maximum atomic E-state index is 12.0. The van der Waals surface area contributed by atoms with Crippen molar-refractivity contribution in [2.75, 3.05) is 6.61 Å². The molecule has 0 spiro atoms. The first-order chi connectivity index (χ1) is 9.13. The molecule has 2 aromatic rings. The summed E-state index contributed by atoms with van der Waals surface area (Å²) in [5.41, 5.74) is 0.585. The molecule has 100 valence electrons. The predicted molar refractivity (Wildman–Crippen MR) is 75.7 cm³/mol. The summed E-state index contributed by atoms with van der Waals surface area (Å²) < 4.78 is 5.66. The van der Waals surface area contributed by atoms with Crippen LogP contribution in [-0.2, 0) is 0 Å². The minimum absolute atomic E-state index is 0.0475. The molecule has 2 aromatic carbocycles. The minimum Gasteiger partial charge on any atom is -0.489 e. The average molecular weight is 258 g/mol. The number of carbonyl (C=O) groups excluding carboxylic acids is 1. The molecule has 3 nitrogen and oxygen atoms in total. The molecule has 0 aliphatic carbocycles. The second-order valence-corrected chi connectivity index (χ2v) is 4.60. The number of hydrogen-bond donors (Lipinski definition) is 1. The lowest BCUT2D eigenvalue weighted by Crippen LogP contribution is -2.14. The SMILES string of the molecule is CCC(=O)c1ccc2ccccc2c1OCC(C)O. The molecule has 0 saturated carbocycles. The van der Waals surface area contributed by atoms with Gasteiger partial charge in [-0.2, -0.15) is 0 Å². The van der Waals surface area contributed by atoms with Crippen molar-refractivity contribution in [3.63, 3.8) is 0 Å². The Morgan fingerprint density at radius 1 is 1.26 bits per heavy atom. The third-order valence-electron chi connectivity index (χ3n) is 2.97. The van der Waals surface area contributed by atoms with E-state index < -0.39 is 6.10 Å². The van der Waals surface area contributed by atoms with E-state index in [1.807, 2.05) is 37.3 Å². The smallest absolute Gasteiger partial charge is 0.166 e. The van der Waals surface area contributed by atoms with Crippen molar-refractivity contribution in [1.29, 1.82) is 0 Å². The Kier molecular flexibility index (Phi) is 4.17. The second kappa shape index (κ2) is 5.85. The van der Waals surface area contributed by atoms with Gasteiger partial charge < -0.3 is 9.84 Å². The fourth-order valence-corrected chi connectivity index (χ4v) is 2.01. The molecule has 1 N–H and O–H groups in total. The second-order valence-electron chi connectivity index (χ2n) is 4.60. The lowest BCUT2D eigenvalue weighted by molar-refractivity contribution is 0.0973. The van der Waals surface area contributed by atoms with Crippen molar-refractivity contribution in [3.8, 4) is 5.75 Å². The van der Waals surface area contributed by atoms with E-state index in [1.54, 1.807) is 13.0 Å². The fraction of sp³-hybridized carbons (Fsp3) is 0.312. The highest BCUT2D eigenvalue weighted by Gasteiger charge is 2.14. The molecule has 0 aromatic heterocycles. The zero-order valence-electron chi connectivity index (χ0n) is 11.2. The maximum Gasteiger partial charge on any atom is 0.166 e. The van der Waals surface area contributed by atoms with Crippen LogP contribution in [0.1, 0.15) is 30.6 Å². The molecule has 0 amide bonds. The zero-order chi connectivity index (χ0) is 13.8. The van der Waals surface area contributed by atoms with Crippen molar-refractivity contribution >= 4 is 16.6 Å². The van der Waals surface area contributed by atoms with Gasteiger partial charge in [-0.15, -0.1) is 0 Å². The van der Waals surface area contributed by atoms with Gasteiger partial charge in [0.2, 0.25) is 0 Å². The molecule has 3 heteroatoms. The van der Waals surface area contributed by atoms with Crippen LogP contribution in [0.3, 0.4) is 0 Å². The van der Waals surface area contributed by atoms with E-state index in [4.69, 9.17) is 4.74 Å². The Hall–Kier alpha value is -1.87. The third-order valence-corrected chi connectivity index (χ3v) is 2.97. The summed E-state index contributed by atoms with van der Waals surface area (Å²) in [6.45, 7) is 3.67. The van der Waals surface area contributed by atoms with E-state index in [-0.39, 0.29) is 12.4 Å². The molecule has 2 rings (SSSR count). The fourth-order valence-electron chi connectivity index (χ4n) is 2.01. The van der Waals surface area contributed by atoms with Gasteiger partial charge in [0.25, 0.3) is 0 Å². The summed E-state index contributed by atoms with van der Waals surface area (Å²) in [5, 5.41) is 11.3. The highest BCUT2D eigenvalue weighted by molar-refractivity contribution is 6.04.